The largest absolute Gasteiger partial charge is 0.448 e. The Morgan fingerprint density at radius 1 is 1.30 bits per heavy atom. The molecule has 1 aromatic carbocycles. The molecule has 1 amide bonds. The molecule has 120 valence electrons. The molecule has 23 heavy (non-hydrogen) atoms. The third kappa shape index (κ3) is 3.09. The molecule has 2 heterocycles. The van der Waals surface area contributed by atoms with Crippen molar-refractivity contribution in [3.8, 4) is 0 Å². The van der Waals surface area contributed by atoms with Crippen LogP contribution in [0.4, 0.5) is 0 Å². The number of benzene rings is 1. The Balaban J connectivity index is 1.82. The van der Waals surface area contributed by atoms with Gasteiger partial charge in [-0.1, -0.05) is 12.1 Å². The number of nitrogens with zero attached hydrogens (tertiary/aromatic N) is 2. The first kappa shape index (κ1) is 15.2. The summed E-state index contributed by atoms with van der Waals surface area (Å²) in [6.07, 6.45) is 3.05. The summed E-state index contributed by atoms with van der Waals surface area (Å²) in [7, 11) is 0. The monoisotopic (exact) mass is 314 g/mol. The van der Waals surface area contributed by atoms with Gasteiger partial charge in [-0.3, -0.25) is 14.2 Å². The zero-order valence-electron chi connectivity index (χ0n) is 12.6. The number of nitrogens with two attached hydrogens (primary N) is 1. The van der Waals surface area contributed by atoms with Gasteiger partial charge in [0.05, 0.1) is 6.33 Å². The first-order valence-corrected chi connectivity index (χ1v) is 7.54. The number of carbonyl (C=O) groups is 1. The lowest BCUT2D eigenvalue weighted by Crippen LogP contribution is -2.33. The average molecular weight is 314 g/mol. The topological polar surface area (TPSA) is 103 Å². The molecule has 3 aromatic rings. The molecule has 0 bridgehead atoms. The number of fused-ring (bicyclic) bond motifs is 3. The molecule has 0 radical (unpaired) electrons. The summed E-state index contributed by atoms with van der Waals surface area (Å²) in [6, 6.07) is 7.32. The van der Waals surface area contributed by atoms with Crippen LogP contribution in [0.25, 0.3) is 22.1 Å². The van der Waals surface area contributed by atoms with E-state index in [-0.39, 0.29) is 23.6 Å². The Labute approximate surface area is 132 Å². The highest BCUT2D eigenvalue weighted by molar-refractivity contribution is 6.01. The minimum absolute atomic E-state index is 0.0819. The predicted molar refractivity (Wildman–Crippen MR) is 87.1 cm³/mol. The van der Waals surface area contributed by atoms with E-state index in [1.165, 1.54) is 10.9 Å². The molecule has 0 aliphatic carbocycles. The van der Waals surface area contributed by atoms with Crippen molar-refractivity contribution in [2.75, 3.05) is 13.1 Å². The fraction of sp³-hybridized carbons (Fsp3) is 0.312. The van der Waals surface area contributed by atoms with Gasteiger partial charge in [0.25, 0.3) is 5.56 Å². The number of para-hydroxylation sites is 1. The van der Waals surface area contributed by atoms with Crippen LogP contribution >= 0.6 is 0 Å². The number of furan rings is 1. The zero-order chi connectivity index (χ0) is 16.2. The van der Waals surface area contributed by atoms with Crippen LogP contribution in [0.2, 0.25) is 0 Å². The Morgan fingerprint density at radius 3 is 2.96 bits per heavy atom. The van der Waals surface area contributed by atoms with Crippen molar-refractivity contribution in [2.45, 2.75) is 19.4 Å². The molecule has 0 atom stereocenters. The van der Waals surface area contributed by atoms with E-state index in [4.69, 9.17) is 10.2 Å². The molecule has 0 saturated heterocycles. The second-order valence-corrected chi connectivity index (χ2v) is 5.30. The molecule has 7 nitrogen and oxygen atoms in total. The first-order chi connectivity index (χ1) is 11.2. The zero-order valence-corrected chi connectivity index (χ0v) is 12.6. The molecular formula is C16H18N4O3. The number of unbranched alkanes of at least 4 members (excludes halogenated alkanes) is 1. The number of carbonyl (C=O) groups excluding carboxylic acids is 1. The Hall–Kier alpha value is -2.67. The SMILES string of the molecule is NCCCCNC(=O)Cn1cnc2c(oc3ccccc32)c1=O. The molecule has 7 heteroatoms. The van der Waals surface area contributed by atoms with Crippen LogP contribution in [-0.2, 0) is 11.3 Å². The van der Waals surface area contributed by atoms with E-state index in [9.17, 15) is 9.59 Å². The van der Waals surface area contributed by atoms with Gasteiger partial charge in [0.1, 0.15) is 17.6 Å². The third-order valence-electron chi connectivity index (χ3n) is 3.62. The normalized spacial score (nSPS) is 11.2. The van der Waals surface area contributed by atoms with Crippen LogP contribution in [0, 0.1) is 0 Å². The number of hydrogen-bond acceptors (Lipinski definition) is 5. The standard InChI is InChI=1S/C16H18N4O3/c17-7-3-4-8-18-13(21)9-20-10-19-14-11-5-1-2-6-12(11)23-15(14)16(20)22/h1-2,5-6,10H,3-4,7-9,17H2,(H,18,21). The molecule has 0 saturated carbocycles. The number of aromatic nitrogens is 2. The lowest BCUT2D eigenvalue weighted by molar-refractivity contribution is -0.121. The van der Waals surface area contributed by atoms with Gasteiger partial charge in [-0.2, -0.15) is 0 Å². The Kier molecular flexibility index (Phi) is 4.38. The smallest absolute Gasteiger partial charge is 0.297 e. The minimum atomic E-state index is -0.358. The van der Waals surface area contributed by atoms with Crippen molar-refractivity contribution in [3.05, 3.63) is 40.9 Å². The third-order valence-corrected chi connectivity index (χ3v) is 3.62. The van der Waals surface area contributed by atoms with E-state index in [0.717, 1.165) is 18.2 Å². The molecule has 3 N–H and O–H groups in total. The molecule has 0 unspecified atom stereocenters. The van der Waals surface area contributed by atoms with Gasteiger partial charge in [0.15, 0.2) is 0 Å². The molecule has 2 aromatic heterocycles. The maximum atomic E-state index is 12.4. The molecule has 0 spiro atoms. The number of amides is 1. The van der Waals surface area contributed by atoms with E-state index in [2.05, 4.69) is 10.3 Å². The molecule has 3 rings (SSSR count). The van der Waals surface area contributed by atoms with Gasteiger partial charge in [0, 0.05) is 11.9 Å². The lowest BCUT2D eigenvalue weighted by Gasteiger charge is -2.06. The fourth-order valence-electron chi connectivity index (χ4n) is 2.44. The van der Waals surface area contributed by atoms with Crippen LogP contribution in [0.1, 0.15) is 12.8 Å². The maximum absolute atomic E-state index is 12.4. The van der Waals surface area contributed by atoms with Crippen LogP contribution in [-0.4, -0.2) is 28.5 Å². The number of nitrogens with one attached hydrogen (secondary N) is 1. The summed E-state index contributed by atoms with van der Waals surface area (Å²) in [5, 5.41) is 3.55. The summed E-state index contributed by atoms with van der Waals surface area (Å²) < 4.78 is 6.83. The van der Waals surface area contributed by atoms with Crippen molar-refractivity contribution in [2.24, 2.45) is 5.73 Å². The molecule has 0 fully saturated rings. The van der Waals surface area contributed by atoms with Crippen molar-refractivity contribution in [1.29, 1.82) is 0 Å². The fourth-order valence-corrected chi connectivity index (χ4v) is 2.44. The van der Waals surface area contributed by atoms with Crippen molar-refractivity contribution in [3.63, 3.8) is 0 Å². The molecular weight excluding hydrogens is 296 g/mol. The van der Waals surface area contributed by atoms with Crippen LogP contribution in [0.3, 0.4) is 0 Å². The summed E-state index contributed by atoms with van der Waals surface area (Å²) in [4.78, 5) is 28.6. The quantitative estimate of drug-likeness (QED) is 0.661. The second kappa shape index (κ2) is 6.62. The molecule has 0 aliphatic heterocycles. The van der Waals surface area contributed by atoms with Gasteiger partial charge < -0.3 is 15.5 Å². The van der Waals surface area contributed by atoms with Gasteiger partial charge >= 0.3 is 0 Å². The summed E-state index contributed by atoms with van der Waals surface area (Å²) in [5.74, 6) is -0.235. The minimum Gasteiger partial charge on any atom is -0.448 e. The van der Waals surface area contributed by atoms with Crippen LogP contribution < -0.4 is 16.6 Å². The first-order valence-electron chi connectivity index (χ1n) is 7.54. The summed E-state index contributed by atoms with van der Waals surface area (Å²) in [6.45, 7) is 1.06. The highest BCUT2D eigenvalue weighted by Gasteiger charge is 2.14. The van der Waals surface area contributed by atoms with Gasteiger partial charge in [-0.05, 0) is 31.5 Å². The van der Waals surface area contributed by atoms with Gasteiger partial charge in [-0.25, -0.2) is 4.98 Å². The maximum Gasteiger partial charge on any atom is 0.297 e. The van der Waals surface area contributed by atoms with E-state index in [1.807, 2.05) is 18.2 Å². The van der Waals surface area contributed by atoms with Gasteiger partial charge in [0.2, 0.25) is 11.5 Å². The Bertz CT molecular complexity index is 897. The van der Waals surface area contributed by atoms with Gasteiger partial charge in [-0.15, -0.1) is 0 Å². The number of hydrogen-bond donors (Lipinski definition) is 2. The van der Waals surface area contributed by atoms with E-state index in [0.29, 0.717) is 24.2 Å². The number of rotatable bonds is 6. The van der Waals surface area contributed by atoms with Crippen molar-refractivity contribution in [1.82, 2.24) is 14.9 Å². The Morgan fingerprint density at radius 2 is 2.13 bits per heavy atom. The highest BCUT2D eigenvalue weighted by Crippen LogP contribution is 2.23. The molecule has 0 aliphatic rings. The average Bonchev–Trinajstić information content (AvgIpc) is 2.94. The predicted octanol–water partition coefficient (Wildman–Crippen LogP) is 0.998. The van der Waals surface area contributed by atoms with Crippen LogP contribution in [0.5, 0.6) is 0 Å². The van der Waals surface area contributed by atoms with E-state index in [1.54, 1.807) is 6.07 Å². The van der Waals surface area contributed by atoms with Crippen LogP contribution in [0.15, 0.2) is 39.8 Å². The lowest BCUT2D eigenvalue weighted by atomic mass is 10.2. The van der Waals surface area contributed by atoms with E-state index >= 15 is 0 Å². The summed E-state index contributed by atoms with van der Waals surface area (Å²) >= 11 is 0. The summed E-state index contributed by atoms with van der Waals surface area (Å²) in [5.41, 5.74) is 6.34. The van der Waals surface area contributed by atoms with E-state index < -0.39 is 0 Å². The second-order valence-electron chi connectivity index (χ2n) is 5.30. The highest BCUT2D eigenvalue weighted by atomic mass is 16.3. The van der Waals surface area contributed by atoms with Crippen molar-refractivity contribution >= 4 is 28.0 Å². The van der Waals surface area contributed by atoms with Crippen molar-refractivity contribution < 1.29 is 9.21 Å².